The predicted molar refractivity (Wildman–Crippen MR) is 128 cm³/mol. The molecule has 4 aliphatic carbocycles. The molecule has 0 aromatic heterocycles. The number of rotatable bonds is 7. The van der Waals surface area contributed by atoms with Crippen molar-refractivity contribution >= 4 is 35.8 Å². The summed E-state index contributed by atoms with van der Waals surface area (Å²) in [5, 5.41) is 4.85. The van der Waals surface area contributed by atoms with Gasteiger partial charge in [-0.1, -0.05) is 41.9 Å². The second-order valence-electron chi connectivity index (χ2n) is 9.33. The average molecular weight is 449 g/mol. The Kier molecular flexibility index (Phi) is 6.85. The molecule has 156 valence electrons. The van der Waals surface area contributed by atoms with Gasteiger partial charge in [0.05, 0.1) is 0 Å². The molecule has 0 saturated heterocycles. The van der Waals surface area contributed by atoms with Crippen molar-refractivity contribution in [1.82, 2.24) is 5.32 Å². The van der Waals surface area contributed by atoms with Crippen LogP contribution in [0.2, 0.25) is 5.02 Å². The summed E-state index contributed by atoms with van der Waals surface area (Å²) in [6.07, 6.45) is 10.1. The number of benzene rings is 2. The van der Waals surface area contributed by atoms with Crippen molar-refractivity contribution in [3.8, 4) is 11.1 Å². The van der Waals surface area contributed by atoms with Crippen LogP contribution in [0.25, 0.3) is 11.1 Å². The molecule has 1 N–H and O–H groups in total. The van der Waals surface area contributed by atoms with Gasteiger partial charge in [0.2, 0.25) is 0 Å². The van der Waals surface area contributed by atoms with Crippen LogP contribution in [0, 0.1) is 17.8 Å². The van der Waals surface area contributed by atoms with Crippen molar-refractivity contribution in [2.45, 2.75) is 55.4 Å². The summed E-state index contributed by atoms with van der Waals surface area (Å²) < 4.78 is 0. The first-order chi connectivity index (χ1) is 13.7. The molecule has 4 bridgehead atoms. The zero-order valence-electron chi connectivity index (χ0n) is 16.9. The van der Waals surface area contributed by atoms with Crippen LogP contribution in [-0.2, 0) is 0 Å². The van der Waals surface area contributed by atoms with E-state index in [0.29, 0.717) is 5.54 Å². The summed E-state index contributed by atoms with van der Waals surface area (Å²) in [5.74, 6) is 4.22. The largest absolute Gasteiger partial charge is 0.311 e. The van der Waals surface area contributed by atoms with Gasteiger partial charge in [-0.3, -0.25) is 0 Å². The van der Waals surface area contributed by atoms with E-state index in [1.807, 2.05) is 17.8 Å². The van der Waals surface area contributed by atoms with Gasteiger partial charge < -0.3 is 5.32 Å². The van der Waals surface area contributed by atoms with E-state index in [4.69, 9.17) is 11.6 Å². The normalized spacial score (nSPS) is 29.6. The van der Waals surface area contributed by atoms with E-state index in [1.54, 1.807) is 0 Å². The van der Waals surface area contributed by atoms with Gasteiger partial charge in [0, 0.05) is 15.5 Å². The fraction of sp³-hybridized carbons (Fsp3) is 0.520. The first-order valence-corrected chi connectivity index (χ1v) is 12.3. The minimum absolute atomic E-state index is 0. The third kappa shape index (κ3) is 4.82. The highest BCUT2D eigenvalue weighted by molar-refractivity contribution is 7.99. The molecule has 0 spiro atoms. The summed E-state index contributed by atoms with van der Waals surface area (Å²) in [7, 11) is 0. The molecule has 0 unspecified atom stereocenters. The highest BCUT2D eigenvalue weighted by atomic mass is 35.5. The Bertz CT molecular complexity index is 788. The molecule has 4 heteroatoms. The Labute approximate surface area is 190 Å². The Morgan fingerprint density at radius 3 is 2.24 bits per heavy atom. The number of halogens is 2. The summed E-state index contributed by atoms with van der Waals surface area (Å²) in [6.45, 7) is 1.16. The van der Waals surface area contributed by atoms with E-state index in [1.165, 1.54) is 61.0 Å². The SMILES string of the molecule is Cl.Clc1ccc(SCCCNC23CC4CC(CC(C4)C2)C3)c(-c2ccccc2)c1. The van der Waals surface area contributed by atoms with Crippen LogP contribution < -0.4 is 5.32 Å². The maximum Gasteiger partial charge on any atom is 0.0412 e. The van der Waals surface area contributed by atoms with Crippen molar-refractivity contribution in [3.63, 3.8) is 0 Å². The molecule has 0 aliphatic heterocycles. The van der Waals surface area contributed by atoms with Crippen LogP contribution in [0.5, 0.6) is 0 Å². The second kappa shape index (κ2) is 9.22. The third-order valence-electron chi connectivity index (χ3n) is 7.14. The van der Waals surface area contributed by atoms with Gasteiger partial charge in [-0.2, -0.15) is 0 Å². The maximum atomic E-state index is 6.28. The molecule has 0 heterocycles. The summed E-state index contributed by atoms with van der Waals surface area (Å²) >= 11 is 8.25. The van der Waals surface area contributed by atoms with Crippen LogP contribution in [0.1, 0.15) is 44.9 Å². The van der Waals surface area contributed by atoms with E-state index in [-0.39, 0.29) is 12.4 Å². The van der Waals surface area contributed by atoms with Gasteiger partial charge in [0.15, 0.2) is 0 Å². The van der Waals surface area contributed by atoms with Crippen molar-refractivity contribution in [1.29, 1.82) is 0 Å². The molecule has 2 aromatic carbocycles. The average Bonchev–Trinajstić information content (AvgIpc) is 2.68. The van der Waals surface area contributed by atoms with Crippen molar-refractivity contribution in [2.75, 3.05) is 12.3 Å². The van der Waals surface area contributed by atoms with Crippen molar-refractivity contribution in [3.05, 3.63) is 53.6 Å². The lowest BCUT2D eigenvalue weighted by Gasteiger charge is -2.57. The number of hydrogen-bond acceptors (Lipinski definition) is 2. The van der Waals surface area contributed by atoms with Crippen LogP contribution in [-0.4, -0.2) is 17.8 Å². The smallest absolute Gasteiger partial charge is 0.0412 e. The Morgan fingerprint density at radius 1 is 0.931 bits per heavy atom. The monoisotopic (exact) mass is 447 g/mol. The van der Waals surface area contributed by atoms with Gasteiger partial charge in [-0.15, -0.1) is 24.2 Å². The maximum absolute atomic E-state index is 6.28. The first kappa shape index (κ1) is 21.6. The Hall–Kier alpha value is -0.670. The highest BCUT2D eigenvalue weighted by Gasteiger charge is 2.50. The lowest BCUT2D eigenvalue weighted by molar-refractivity contribution is -0.0193. The Balaban J connectivity index is 0.00000205. The van der Waals surface area contributed by atoms with Crippen LogP contribution in [0.4, 0.5) is 0 Å². The highest BCUT2D eigenvalue weighted by Crippen LogP contribution is 2.55. The molecule has 4 saturated carbocycles. The van der Waals surface area contributed by atoms with Gasteiger partial charge >= 0.3 is 0 Å². The van der Waals surface area contributed by atoms with Crippen molar-refractivity contribution < 1.29 is 0 Å². The zero-order valence-corrected chi connectivity index (χ0v) is 19.3. The fourth-order valence-electron chi connectivity index (χ4n) is 6.41. The summed E-state index contributed by atoms with van der Waals surface area (Å²) in [6, 6.07) is 16.9. The van der Waals surface area contributed by atoms with Crippen molar-refractivity contribution in [2.24, 2.45) is 17.8 Å². The Morgan fingerprint density at radius 2 is 1.59 bits per heavy atom. The second-order valence-corrected chi connectivity index (χ2v) is 10.9. The minimum atomic E-state index is 0. The number of nitrogens with one attached hydrogen (secondary N) is 1. The van der Waals surface area contributed by atoms with Crippen LogP contribution >= 0.6 is 35.8 Å². The molecule has 2 aromatic rings. The molecule has 0 atom stereocenters. The van der Waals surface area contributed by atoms with E-state index >= 15 is 0 Å². The molecular formula is C25H31Cl2NS. The lowest BCUT2D eigenvalue weighted by Crippen LogP contribution is -2.58. The molecule has 29 heavy (non-hydrogen) atoms. The molecular weight excluding hydrogens is 417 g/mol. The van der Waals surface area contributed by atoms with Gasteiger partial charge in [0.1, 0.15) is 0 Å². The van der Waals surface area contributed by atoms with Gasteiger partial charge in [0.25, 0.3) is 0 Å². The predicted octanol–water partition coefficient (Wildman–Crippen LogP) is 7.47. The molecule has 6 rings (SSSR count). The molecule has 4 fully saturated rings. The van der Waals surface area contributed by atoms with E-state index in [9.17, 15) is 0 Å². The lowest BCUT2D eigenvalue weighted by atomic mass is 9.53. The van der Waals surface area contributed by atoms with E-state index in [0.717, 1.165) is 35.1 Å². The number of hydrogen-bond donors (Lipinski definition) is 1. The van der Waals surface area contributed by atoms with Crippen LogP contribution in [0.15, 0.2) is 53.4 Å². The first-order valence-electron chi connectivity index (χ1n) is 10.9. The van der Waals surface area contributed by atoms with Gasteiger partial charge in [-0.25, -0.2) is 0 Å². The fourth-order valence-corrected chi connectivity index (χ4v) is 7.58. The zero-order chi connectivity index (χ0) is 19.0. The van der Waals surface area contributed by atoms with Crippen LogP contribution in [0.3, 0.4) is 0 Å². The van der Waals surface area contributed by atoms with Gasteiger partial charge in [-0.05, 0) is 104 Å². The molecule has 1 nitrogen and oxygen atoms in total. The minimum Gasteiger partial charge on any atom is -0.311 e. The molecule has 4 aliphatic rings. The number of thioether (sulfide) groups is 1. The standard InChI is InChI=1S/C25H30ClNS.ClH/c26-22-7-8-24(23(14-22)21-5-2-1-3-6-21)28-10-4-9-27-25-15-18-11-19(16-25)13-20(12-18)17-25;/h1-3,5-8,14,18-20,27H,4,9-13,15-17H2;1H. The molecule has 0 radical (unpaired) electrons. The summed E-state index contributed by atoms with van der Waals surface area (Å²) in [4.78, 5) is 1.34. The van der Waals surface area contributed by atoms with E-state index < -0.39 is 0 Å². The summed E-state index contributed by atoms with van der Waals surface area (Å²) in [5.41, 5.74) is 3.00. The quantitative estimate of drug-likeness (QED) is 0.348. The van der Waals surface area contributed by atoms with E-state index in [2.05, 4.69) is 47.8 Å². The third-order valence-corrected chi connectivity index (χ3v) is 8.54. The topological polar surface area (TPSA) is 12.0 Å². The molecule has 0 amide bonds.